The zero-order chi connectivity index (χ0) is 65.6. The molecule has 5 aliphatic heterocycles. The van der Waals surface area contributed by atoms with Crippen LogP contribution < -0.4 is 10.6 Å². The molecule has 5 fully saturated rings. The first-order valence-corrected chi connectivity index (χ1v) is 28.4. The van der Waals surface area contributed by atoms with Crippen LogP contribution in [-0.2, 0) is 89.1 Å². The minimum absolute atomic E-state index is 0.116. The highest BCUT2D eigenvalue weighted by Gasteiger charge is 2.62. The number of nitrogens with zero attached hydrogens (tertiary/aromatic N) is 4. The molecule has 1 aromatic rings. The van der Waals surface area contributed by atoms with Crippen LogP contribution in [0, 0.1) is 0 Å². The number of hydrogen-bond donors (Lipinski definition) is 19. The first kappa shape index (κ1) is 73.9. The average Bonchev–Trinajstić information content (AvgIpc) is 1.15. The minimum Gasteiger partial charge on any atom is -0.477 e. The van der Waals surface area contributed by atoms with Gasteiger partial charge in [-0.3, -0.25) is 14.4 Å². The van der Waals surface area contributed by atoms with Crippen molar-refractivity contribution in [2.24, 2.45) is 0 Å². The molecule has 5 aliphatic rings. The third kappa shape index (κ3) is 18.2. The number of rotatable bonds is 32. The van der Waals surface area contributed by atoms with Crippen molar-refractivity contribution in [1.82, 2.24) is 30.5 Å². The number of nitrogens with one attached hydrogen (secondary N) is 2. The van der Waals surface area contributed by atoms with Gasteiger partial charge in [-0.1, -0.05) is 5.21 Å². The van der Waals surface area contributed by atoms with Crippen LogP contribution in [0.4, 0.5) is 0 Å². The molecule has 26 atom stereocenters. The van der Waals surface area contributed by atoms with Crippen LogP contribution >= 0.6 is 0 Å². The van der Waals surface area contributed by atoms with Gasteiger partial charge in [0.15, 0.2) is 25.1 Å². The van der Waals surface area contributed by atoms with Gasteiger partial charge in [-0.25, -0.2) is 9.48 Å². The predicted molar refractivity (Wildman–Crippen MR) is 280 cm³/mol. The number of carboxylic acids is 1. The normalized spacial score (nSPS) is 38.3. The molecule has 0 unspecified atom stereocenters. The number of carbonyl (C=O) groups excluding carboxylic acids is 3. The van der Waals surface area contributed by atoms with E-state index in [-0.39, 0.29) is 58.5 Å². The van der Waals surface area contributed by atoms with Crippen LogP contribution in [0.25, 0.3) is 0 Å². The van der Waals surface area contributed by atoms with Crippen LogP contribution in [0.1, 0.15) is 32.9 Å². The summed E-state index contributed by atoms with van der Waals surface area (Å²) in [5.74, 6) is -8.12. The van der Waals surface area contributed by atoms with Crippen molar-refractivity contribution in [3.8, 4) is 0 Å². The standard InChI is InChI=1S/C50H84N6O33/c1-20(63)51-30-24(66)12-50(49(76)77,88-43(30)32(68)25(67)15-58)89-44-39(75)48(84-29(19-62)41(44)86-46-31(52-21(2)64)42(34(70)27(17-60)82-46)87-47-38(74)35(71)33(69)26(16-59)83-47)85-40-28(18-61)81-45(37(73)36(40)72)56(22(3)65)14-23-13-55(54-53-23)4-6-78-8-10-80-11-9-79-7-5-57/h13,24-48,57-62,66-75H,4-12,14-19H2,1-3H3,(H,51,63)(H,52,64)(H,76,77)/t24-,25+,26+,27+,28+,29+,30+,31+,32+,33-,34-,35-,36+,37+,38+,39+,40+,41-,42+,43+,44+,45+,46-,47-,48-,50-/m0/s1. The number of carbonyl (C=O) groups is 4. The predicted octanol–water partition coefficient (Wildman–Crippen LogP) is -12.7. The first-order valence-electron chi connectivity index (χ1n) is 28.4. The molecule has 39 nitrogen and oxygen atoms in total. The van der Waals surface area contributed by atoms with Gasteiger partial charge in [-0.2, -0.15) is 0 Å². The monoisotopic (exact) mass is 1300 g/mol. The topological polar surface area (TPSA) is 581 Å². The van der Waals surface area contributed by atoms with Gasteiger partial charge in [0.1, 0.15) is 122 Å². The number of carboxylic acid groups (broad SMARTS) is 1. The van der Waals surface area contributed by atoms with Crippen molar-refractivity contribution in [1.29, 1.82) is 0 Å². The summed E-state index contributed by atoms with van der Waals surface area (Å²) in [6, 6.07) is -3.68. The molecule has 0 aromatic carbocycles. The molecular weight excluding hydrogens is 1210 g/mol. The summed E-state index contributed by atoms with van der Waals surface area (Å²) in [6.07, 6.45) is -48.0. The molecule has 3 amide bonds. The minimum atomic E-state index is -3.39. The van der Waals surface area contributed by atoms with Gasteiger partial charge in [0.25, 0.3) is 5.79 Å². The smallest absolute Gasteiger partial charge is 0.364 e. The lowest BCUT2D eigenvalue weighted by Gasteiger charge is -2.53. The van der Waals surface area contributed by atoms with Crippen LogP contribution in [0.15, 0.2) is 6.20 Å². The number of aliphatic carboxylic acids is 1. The Morgan fingerprint density at radius 2 is 1.17 bits per heavy atom. The van der Waals surface area contributed by atoms with Crippen LogP contribution in [0.2, 0.25) is 0 Å². The van der Waals surface area contributed by atoms with Crippen molar-refractivity contribution < 1.29 is 163 Å². The Labute approximate surface area is 506 Å². The lowest BCUT2D eigenvalue weighted by molar-refractivity contribution is -0.401. The second-order valence-corrected chi connectivity index (χ2v) is 21.5. The van der Waals surface area contributed by atoms with Crippen molar-refractivity contribution in [2.45, 2.75) is 199 Å². The van der Waals surface area contributed by atoms with Crippen molar-refractivity contribution in [2.75, 3.05) is 79.3 Å². The molecule has 89 heavy (non-hydrogen) atoms. The van der Waals surface area contributed by atoms with Crippen LogP contribution in [-0.4, -0.2) is 369 Å². The number of ether oxygens (including phenoxy) is 12. The third-order valence-electron chi connectivity index (χ3n) is 15.2. The Balaban J connectivity index is 1.31. The molecule has 5 saturated heterocycles. The molecule has 39 heteroatoms. The van der Waals surface area contributed by atoms with Gasteiger partial charge in [0.05, 0.1) is 111 Å². The Morgan fingerprint density at radius 1 is 0.629 bits per heavy atom. The van der Waals surface area contributed by atoms with Crippen molar-refractivity contribution in [3.05, 3.63) is 11.9 Å². The molecule has 1 aromatic heterocycles. The lowest BCUT2D eigenvalue weighted by atomic mass is 9.88. The fraction of sp³-hybridized carbons (Fsp3) is 0.880. The van der Waals surface area contributed by atoms with E-state index in [1.165, 1.54) is 10.9 Å². The highest BCUT2D eigenvalue weighted by Crippen LogP contribution is 2.41. The van der Waals surface area contributed by atoms with Gasteiger partial charge >= 0.3 is 5.97 Å². The summed E-state index contributed by atoms with van der Waals surface area (Å²) in [7, 11) is 0. The van der Waals surface area contributed by atoms with E-state index in [1.807, 2.05) is 0 Å². The molecule has 6 rings (SSSR count). The number of aromatic nitrogens is 3. The van der Waals surface area contributed by atoms with E-state index < -0.39 is 229 Å². The molecular formula is C50H84N6O33. The van der Waals surface area contributed by atoms with Crippen LogP contribution in [0.3, 0.4) is 0 Å². The quantitative estimate of drug-likeness (QED) is 0.0298. The molecule has 0 aliphatic carbocycles. The Hall–Kier alpha value is -4.10. The van der Waals surface area contributed by atoms with Gasteiger partial charge in [-0.05, 0) is 0 Å². The van der Waals surface area contributed by atoms with Crippen LogP contribution in [0.5, 0.6) is 0 Å². The average molecular weight is 1300 g/mol. The Morgan fingerprint density at radius 3 is 1.75 bits per heavy atom. The number of amides is 3. The maximum Gasteiger partial charge on any atom is 0.364 e. The summed E-state index contributed by atoms with van der Waals surface area (Å²) >= 11 is 0. The Bertz CT molecular complexity index is 2350. The lowest BCUT2D eigenvalue weighted by Crippen LogP contribution is -2.72. The van der Waals surface area contributed by atoms with E-state index in [4.69, 9.17) is 61.9 Å². The highest BCUT2D eigenvalue weighted by molar-refractivity contribution is 5.77. The summed E-state index contributed by atoms with van der Waals surface area (Å²) < 4.78 is 71.0. The van der Waals surface area contributed by atoms with Gasteiger partial charge in [0, 0.05) is 27.2 Å². The maximum absolute atomic E-state index is 13.7. The van der Waals surface area contributed by atoms with Gasteiger partial charge in [-0.15, -0.1) is 5.10 Å². The third-order valence-corrected chi connectivity index (χ3v) is 15.2. The van der Waals surface area contributed by atoms with Gasteiger partial charge < -0.3 is 159 Å². The van der Waals surface area contributed by atoms with E-state index in [1.54, 1.807) is 0 Å². The van der Waals surface area contributed by atoms with E-state index in [2.05, 4.69) is 20.9 Å². The molecule has 19 N–H and O–H groups in total. The summed E-state index contributed by atoms with van der Waals surface area (Å²) in [6.45, 7) is -1.53. The van der Waals surface area contributed by atoms with Gasteiger partial charge in [0.2, 0.25) is 17.7 Å². The second kappa shape index (κ2) is 34.2. The first-order chi connectivity index (χ1) is 42.3. The molecule has 0 saturated carbocycles. The Kier molecular flexibility index (Phi) is 28.4. The molecule has 6 heterocycles. The zero-order valence-corrected chi connectivity index (χ0v) is 48.5. The summed E-state index contributed by atoms with van der Waals surface area (Å²) in [5.41, 5.74) is 0.152. The molecule has 0 spiro atoms. The fourth-order valence-electron chi connectivity index (χ4n) is 10.6. The number of hydrogen-bond acceptors (Lipinski definition) is 34. The number of aliphatic hydroxyl groups is 16. The SMILES string of the molecule is CC(=O)N[C@H]1[C@H](O[C@@H]2[C@H](O[C@]3(C(=O)O)C[C@H](O)[C@@H](NC(C)=O)[C@H]([C@H](O)[C@H](O)CO)O3)[C@@H](O)[C@H](O[C@H]3[C@H](O)[C@@H](O)[C@H](N(Cc4cn(CCOCCOCCOCCO)nn4)C(C)=O)O[C@@H]3CO)O[C@@H]2CO)O[C@H](CO)[C@H](O)[C@@H]1O[C@@H]1O[C@H](CO)[C@H](O)[C@H](O)[C@H]1O. The summed E-state index contributed by atoms with van der Waals surface area (Å²) in [4.78, 5) is 53.2. The molecule has 512 valence electrons. The second-order valence-electron chi connectivity index (χ2n) is 21.5. The zero-order valence-electron chi connectivity index (χ0n) is 48.5. The van der Waals surface area contributed by atoms with E-state index in [0.29, 0.717) is 0 Å². The fourth-order valence-corrected chi connectivity index (χ4v) is 10.6. The highest BCUT2D eigenvalue weighted by atomic mass is 16.8. The summed E-state index contributed by atoms with van der Waals surface area (Å²) in [5, 5.41) is 197. The van der Waals surface area contributed by atoms with E-state index in [0.717, 1.165) is 25.7 Å². The van der Waals surface area contributed by atoms with Crippen molar-refractivity contribution >= 4 is 23.7 Å². The van der Waals surface area contributed by atoms with E-state index in [9.17, 15) is 101 Å². The van der Waals surface area contributed by atoms with E-state index >= 15 is 0 Å². The van der Waals surface area contributed by atoms with Crippen molar-refractivity contribution in [3.63, 3.8) is 0 Å². The maximum atomic E-state index is 13.7. The molecule has 0 bridgehead atoms. The molecule has 0 radical (unpaired) electrons. The largest absolute Gasteiger partial charge is 0.477 e. The number of aliphatic hydroxyl groups excluding tert-OH is 16.